The van der Waals surface area contributed by atoms with Gasteiger partial charge in [-0.1, -0.05) is 20.8 Å². The van der Waals surface area contributed by atoms with Gasteiger partial charge in [-0.2, -0.15) is 0 Å². The van der Waals surface area contributed by atoms with Gasteiger partial charge in [0.05, 0.1) is 0 Å². The topological polar surface area (TPSA) is 54.2 Å². The molecule has 1 heterocycles. The lowest BCUT2D eigenvalue weighted by atomic mass is 9.87. The summed E-state index contributed by atoms with van der Waals surface area (Å²) in [6.07, 6.45) is 4.53. The minimum Gasteiger partial charge on any atom is -0.398 e. The van der Waals surface area contributed by atoms with Gasteiger partial charge in [0, 0.05) is 29.7 Å². The summed E-state index contributed by atoms with van der Waals surface area (Å²) in [5.41, 5.74) is 8.09. The fourth-order valence-corrected chi connectivity index (χ4v) is 2.91. The van der Waals surface area contributed by atoms with E-state index in [0.29, 0.717) is 6.04 Å². The van der Waals surface area contributed by atoms with Gasteiger partial charge in [0.15, 0.2) is 0 Å². The zero-order valence-electron chi connectivity index (χ0n) is 13.6. The van der Waals surface area contributed by atoms with Gasteiger partial charge in [-0.05, 0) is 51.5 Å². The van der Waals surface area contributed by atoms with Crippen molar-refractivity contribution in [2.24, 2.45) is 0 Å². The normalized spacial score (nSPS) is 13.7. The van der Waals surface area contributed by atoms with Gasteiger partial charge in [0.25, 0.3) is 0 Å². The van der Waals surface area contributed by atoms with Crippen LogP contribution in [0.4, 0.5) is 5.69 Å². The van der Waals surface area contributed by atoms with Crippen LogP contribution in [0.5, 0.6) is 0 Å². The highest BCUT2D eigenvalue weighted by Crippen LogP contribution is 2.23. The van der Waals surface area contributed by atoms with Gasteiger partial charge in [-0.25, -0.2) is 0 Å². The number of hydrogen-bond acceptors (Lipinski definition) is 4. The molecule has 1 rings (SSSR count). The lowest BCUT2D eigenvalue weighted by Gasteiger charge is -2.44. The molecule has 0 aliphatic carbocycles. The summed E-state index contributed by atoms with van der Waals surface area (Å²) in [4.78, 5) is 6.70. The fourth-order valence-electron chi connectivity index (χ4n) is 2.91. The number of aromatic nitrogens is 1. The Morgan fingerprint density at radius 3 is 2.45 bits per heavy atom. The number of nitrogen functional groups attached to an aromatic ring is 1. The molecule has 0 saturated carbocycles. The number of nitrogens with zero attached hydrogens (tertiary/aromatic N) is 2. The third-order valence-electron chi connectivity index (χ3n) is 4.25. The second kappa shape index (κ2) is 7.60. The first-order valence-electron chi connectivity index (χ1n) is 7.64. The quantitative estimate of drug-likeness (QED) is 0.766. The number of nitrogens with one attached hydrogen (secondary N) is 1. The predicted molar refractivity (Wildman–Crippen MR) is 86.8 cm³/mol. The maximum absolute atomic E-state index is 6.07. The van der Waals surface area contributed by atoms with Crippen molar-refractivity contribution < 1.29 is 0 Å². The average Bonchev–Trinajstić information content (AvgIpc) is 2.41. The van der Waals surface area contributed by atoms with Gasteiger partial charge in [-0.15, -0.1) is 0 Å². The van der Waals surface area contributed by atoms with Crippen LogP contribution in [-0.4, -0.2) is 41.1 Å². The highest BCUT2D eigenvalue weighted by molar-refractivity contribution is 5.44. The number of likely N-dealkylation sites (N-methyl/N-ethyl adjacent to an activating group) is 2. The molecule has 0 bridgehead atoms. The van der Waals surface area contributed by atoms with E-state index in [-0.39, 0.29) is 5.54 Å². The van der Waals surface area contributed by atoms with Gasteiger partial charge in [-0.3, -0.25) is 9.88 Å². The lowest BCUT2D eigenvalue weighted by Crippen LogP contribution is -2.58. The van der Waals surface area contributed by atoms with Crippen LogP contribution in [0, 0.1) is 0 Å². The van der Waals surface area contributed by atoms with E-state index in [2.05, 4.69) is 49.8 Å². The van der Waals surface area contributed by atoms with E-state index in [4.69, 9.17) is 5.73 Å². The first-order valence-corrected chi connectivity index (χ1v) is 7.64. The number of anilines is 1. The Hall–Kier alpha value is -1.13. The second-order valence-electron chi connectivity index (χ2n) is 5.71. The highest BCUT2D eigenvalue weighted by Gasteiger charge is 2.33. The van der Waals surface area contributed by atoms with Crippen LogP contribution < -0.4 is 11.1 Å². The van der Waals surface area contributed by atoms with E-state index in [1.165, 1.54) is 0 Å². The Kier molecular flexibility index (Phi) is 6.43. The van der Waals surface area contributed by atoms with Crippen LogP contribution >= 0.6 is 0 Å². The van der Waals surface area contributed by atoms with Crippen molar-refractivity contribution in [1.82, 2.24) is 15.2 Å². The van der Waals surface area contributed by atoms with Crippen molar-refractivity contribution in [3.63, 3.8) is 0 Å². The maximum Gasteiger partial charge on any atom is 0.0378 e. The third kappa shape index (κ3) is 3.93. The Balaban J connectivity index is 2.96. The largest absolute Gasteiger partial charge is 0.398 e. The Labute approximate surface area is 123 Å². The first-order chi connectivity index (χ1) is 9.47. The van der Waals surface area contributed by atoms with Gasteiger partial charge in [0.2, 0.25) is 0 Å². The zero-order chi connectivity index (χ0) is 15.2. The second-order valence-corrected chi connectivity index (χ2v) is 5.71. The zero-order valence-corrected chi connectivity index (χ0v) is 13.6. The van der Waals surface area contributed by atoms with Crippen LogP contribution in [0.1, 0.15) is 40.2 Å². The molecular weight excluding hydrogens is 248 g/mol. The maximum atomic E-state index is 6.07. The van der Waals surface area contributed by atoms with Crippen LogP contribution in [0.2, 0.25) is 0 Å². The van der Waals surface area contributed by atoms with E-state index >= 15 is 0 Å². The van der Waals surface area contributed by atoms with E-state index in [0.717, 1.165) is 37.3 Å². The molecule has 0 saturated heterocycles. The smallest absolute Gasteiger partial charge is 0.0378 e. The molecule has 0 aliphatic rings. The van der Waals surface area contributed by atoms with Crippen molar-refractivity contribution in [3.05, 3.63) is 24.0 Å². The Morgan fingerprint density at radius 2 is 1.95 bits per heavy atom. The van der Waals surface area contributed by atoms with Gasteiger partial charge >= 0.3 is 0 Å². The predicted octanol–water partition coefficient (Wildman–Crippen LogP) is 2.30. The molecule has 20 heavy (non-hydrogen) atoms. The molecule has 0 amide bonds. The molecule has 1 aromatic heterocycles. The van der Waals surface area contributed by atoms with E-state index in [1.54, 1.807) is 6.20 Å². The molecule has 0 spiro atoms. The molecule has 0 fully saturated rings. The fraction of sp³-hybridized carbons (Fsp3) is 0.688. The summed E-state index contributed by atoms with van der Waals surface area (Å²) < 4.78 is 0. The summed E-state index contributed by atoms with van der Waals surface area (Å²) in [6.45, 7) is 14.2. The highest BCUT2D eigenvalue weighted by atomic mass is 15.2. The Bertz CT molecular complexity index is 399. The molecule has 0 aliphatic heterocycles. The molecule has 0 radical (unpaired) electrons. The molecule has 114 valence electrons. The molecule has 3 N–H and O–H groups in total. The van der Waals surface area contributed by atoms with E-state index in [9.17, 15) is 0 Å². The monoisotopic (exact) mass is 278 g/mol. The average molecular weight is 278 g/mol. The Morgan fingerprint density at radius 1 is 1.30 bits per heavy atom. The first kappa shape index (κ1) is 16.9. The summed E-state index contributed by atoms with van der Waals surface area (Å²) in [7, 11) is 0. The summed E-state index contributed by atoms with van der Waals surface area (Å²) in [5.74, 6) is 0. The standard InChI is InChI=1S/C16H30N4/c1-6-19-15(16(4,5)20(7-2)8-3)11-13-12-18-10-9-14(13)17/h9-10,12,15,19H,6-8,11H2,1-5H3,(H2,17,18). The van der Waals surface area contributed by atoms with Crippen LogP contribution in [0.15, 0.2) is 18.5 Å². The molecule has 0 aromatic carbocycles. The van der Waals surface area contributed by atoms with E-state index < -0.39 is 0 Å². The minimum atomic E-state index is 0.0712. The summed E-state index contributed by atoms with van der Waals surface area (Å²) >= 11 is 0. The molecule has 4 heteroatoms. The van der Waals surface area contributed by atoms with Crippen molar-refractivity contribution in [2.45, 2.75) is 52.6 Å². The third-order valence-corrected chi connectivity index (χ3v) is 4.25. The molecule has 4 nitrogen and oxygen atoms in total. The van der Waals surface area contributed by atoms with Crippen molar-refractivity contribution in [3.8, 4) is 0 Å². The van der Waals surface area contributed by atoms with Crippen molar-refractivity contribution >= 4 is 5.69 Å². The number of hydrogen-bond donors (Lipinski definition) is 2. The lowest BCUT2D eigenvalue weighted by molar-refractivity contribution is 0.0918. The van der Waals surface area contributed by atoms with E-state index in [1.807, 2.05) is 12.3 Å². The van der Waals surface area contributed by atoms with Gasteiger partial charge in [0.1, 0.15) is 0 Å². The van der Waals surface area contributed by atoms with Crippen LogP contribution in [-0.2, 0) is 6.42 Å². The van der Waals surface area contributed by atoms with Crippen LogP contribution in [0.25, 0.3) is 0 Å². The van der Waals surface area contributed by atoms with Gasteiger partial charge < -0.3 is 11.1 Å². The minimum absolute atomic E-state index is 0.0712. The van der Waals surface area contributed by atoms with Crippen LogP contribution in [0.3, 0.4) is 0 Å². The number of nitrogens with two attached hydrogens (primary N) is 1. The number of rotatable bonds is 8. The summed E-state index contributed by atoms with van der Waals surface area (Å²) in [5, 5.41) is 3.62. The molecule has 1 aromatic rings. The number of pyridine rings is 1. The summed E-state index contributed by atoms with van der Waals surface area (Å²) in [6, 6.07) is 2.22. The SMILES string of the molecule is CCNC(Cc1cnccc1N)C(C)(C)N(CC)CC. The molecule has 1 unspecified atom stereocenters. The van der Waals surface area contributed by atoms with Crippen molar-refractivity contribution in [2.75, 3.05) is 25.4 Å². The molecular formula is C16H30N4. The van der Waals surface area contributed by atoms with Crippen molar-refractivity contribution in [1.29, 1.82) is 0 Å². The molecule has 1 atom stereocenters.